The van der Waals surface area contributed by atoms with E-state index >= 15 is 0 Å². The van der Waals surface area contributed by atoms with Crippen LogP contribution >= 0.6 is 0 Å². The Morgan fingerprint density at radius 2 is 1.82 bits per heavy atom. The van der Waals surface area contributed by atoms with Gasteiger partial charge in [-0.05, 0) is 54.8 Å². The van der Waals surface area contributed by atoms with Crippen LogP contribution in [0.25, 0.3) is 5.69 Å². The van der Waals surface area contributed by atoms with Crippen molar-refractivity contribution in [1.29, 1.82) is 0 Å². The average Bonchev–Trinajstić information content (AvgIpc) is 2.74. The van der Waals surface area contributed by atoms with Crippen molar-refractivity contribution >= 4 is 11.6 Å². The van der Waals surface area contributed by atoms with Crippen molar-refractivity contribution in [3.63, 3.8) is 0 Å². The summed E-state index contributed by atoms with van der Waals surface area (Å²) in [6.45, 7) is 1.32. The van der Waals surface area contributed by atoms with Gasteiger partial charge < -0.3 is 10.2 Å². The van der Waals surface area contributed by atoms with Crippen LogP contribution in [0.5, 0.6) is 0 Å². The van der Waals surface area contributed by atoms with Gasteiger partial charge in [0.25, 0.3) is 5.56 Å². The van der Waals surface area contributed by atoms with Crippen molar-refractivity contribution in [2.24, 2.45) is 0 Å². The van der Waals surface area contributed by atoms with Crippen molar-refractivity contribution in [2.75, 3.05) is 11.4 Å². The maximum absolute atomic E-state index is 12.9. The summed E-state index contributed by atoms with van der Waals surface area (Å²) < 4.78 is 1.58. The summed E-state index contributed by atoms with van der Waals surface area (Å²) in [7, 11) is 0. The molecule has 0 radical (unpaired) electrons. The Bertz CT molecular complexity index is 999. The molecule has 1 amide bonds. The summed E-state index contributed by atoms with van der Waals surface area (Å²) in [6.07, 6.45) is 7.05. The Morgan fingerprint density at radius 1 is 1.00 bits per heavy atom. The van der Waals surface area contributed by atoms with Crippen LogP contribution in [-0.2, 0) is 11.3 Å². The summed E-state index contributed by atoms with van der Waals surface area (Å²) >= 11 is 0. The van der Waals surface area contributed by atoms with Crippen LogP contribution in [0.3, 0.4) is 0 Å². The Kier molecular flexibility index (Phi) is 5.30. The third-order valence-electron chi connectivity index (χ3n) is 4.98. The normalized spacial score (nSPS) is 16.9. The molecule has 28 heavy (non-hydrogen) atoms. The number of nitrogens with zero attached hydrogens (tertiary/aromatic N) is 3. The quantitative estimate of drug-likeness (QED) is 0.745. The molecule has 4 rings (SSSR count). The van der Waals surface area contributed by atoms with Gasteiger partial charge in [-0.25, -0.2) is 0 Å². The van der Waals surface area contributed by atoms with Crippen LogP contribution < -0.4 is 15.8 Å². The second-order valence-corrected chi connectivity index (χ2v) is 6.85. The topological polar surface area (TPSA) is 67.2 Å². The predicted molar refractivity (Wildman–Crippen MR) is 108 cm³/mol. The van der Waals surface area contributed by atoms with E-state index in [4.69, 9.17) is 0 Å². The molecule has 3 heterocycles. The van der Waals surface area contributed by atoms with Gasteiger partial charge in [0.2, 0.25) is 5.91 Å². The number of hydrogen-bond donors (Lipinski definition) is 1. The number of aromatic nitrogens is 2. The molecule has 1 N–H and O–H groups in total. The number of nitrogens with one attached hydrogen (secondary N) is 1. The highest BCUT2D eigenvalue weighted by atomic mass is 16.2. The molecule has 0 spiro atoms. The molecule has 1 aliphatic heterocycles. The smallest absolute Gasteiger partial charge is 0.255 e. The summed E-state index contributed by atoms with van der Waals surface area (Å²) in [5, 5.41) is 3.36. The molecule has 1 aliphatic rings. The molecule has 1 unspecified atom stereocenters. The molecule has 0 saturated carbocycles. The van der Waals surface area contributed by atoms with Gasteiger partial charge in [0.05, 0.1) is 6.04 Å². The number of piperidine rings is 1. The van der Waals surface area contributed by atoms with Crippen LogP contribution in [0.4, 0.5) is 5.69 Å². The zero-order chi connectivity index (χ0) is 19.3. The zero-order valence-electron chi connectivity index (χ0n) is 15.5. The average molecular weight is 374 g/mol. The van der Waals surface area contributed by atoms with Gasteiger partial charge >= 0.3 is 0 Å². The second-order valence-electron chi connectivity index (χ2n) is 6.85. The minimum atomic E-state index is -0.203. The number of carbonyl (C=O) groups excluding carboxylic acids is 1. The van der Waals surface area contributed by atoms with Crippen LogP contribution in [0.15, 0.2) is 78.0 Å². The number of pyridine rings is 2. The lowest BCUT2D eigenvalue weighted by atomic mass is 10.0. The number of carbonyl (C=O) groups is 1. The summed E-state index contributed by atoms with van der Waals surface area (Å²) in [6, 6.07) is 16.3. The lowest BCUT2D eigenvalue weighted by Gasteiger charge is -2.33. The lowest BCUT2D eigenvalue weighted by Crippen LogP contribution is -2.50. The van der Waals surface area contributed by atoms with Gasteiger partial charge in [0.15, 0.2) is 0 Å². The van der Waals surface area contributed by atoms with Crippen LogP contribution in [-0.4, -0.2) is 28.0 Å². The van der Waals surface area contributed by atoms with Crippen molar-refractivity contribution in [3.8, 4) is 5.69 Å². The first-order chi connectivity index (χ1) is 13.7. The summed E-state index contributed by atoms with van der Waals surface area (Å²) in [4.78, 5) is 30.9. The van der Waals surface area contributed by atoms with Crippen molar-refractivity contribution in [1.82, 2.24) is 14.9 Å². The largest absolute Gasteiger partial charge is 0.311 e. The Hall–Kier alpha value is -3.25. The Balaban J connectivity index is 1.47. The van der Waals surface area contributed by atoms with E-state index in [9.17, 15) is 9.59 Å². The minimum Gasteiger partial charge on any atom is -0.311 e. The van der Waals surface area contributed by atoms with Gasteiger partial charge in [-0.15, -0.1) is 0 Å². The molecular formula is C22H22N4O2. The molecule has 6 heteroatoms. The highest BCUT2D eigenvalue weighted by Crippen LogP contribution is 2.22. The maximum atomic E-state index is 12.9. The van der Waals surface area contributed by atoms with Crippen molar-refractivity contribution < 1.29 is 4.79 Å². The fourth-order valence-corrected chi connectivity index (χ4v) is 3.50. The first-order valence-corrected chi connectivity index (χ1v) is 9.44. The third-order valence-corrected chi connectivity index (χ3v) is 4.98. The Labute approximate surface area is 163 Å². The molecule has 1 atom stereocenters. The molecule has 1 saturated heterocycles. The van der Waals surface area contributed by atoms with Gasteiger partial charge in [0, 0.05) is 49.1 Å². The number of benzene rings is 1. The zero-order valence-corrected chi connectivity index (χ0v) is 15.5. The first-order valence-electron chi connectivity index (χ1n) is 9.44. The van der Waals surface area contributed by atoms with E-state index < -0.39 is 0 Å². The van der Waals surface area contributed by atoms with Crippen LogP contribution in [0, 0.1) is 0 Å². The SMILES string of the molecule is O=C1C(NCc2cccnc2)CCCN1c1ccc(-n2ccccc2=O)cc1. The molecule has 1 aromatic carbocycles. The van der Waals surface area contributed by atoms with E-state index in [1.807, 2.05) is 53.6 Å². The van der Waals surface area contributed by atoms with E-state index in [1.54, 1.807) is 23.0 Å². The van der Waals surface area contributed by atoms with Crippen molar-refractivity contribution in [3.05, 3.63) is 89.1 Å². The van der Waals surface area contributed by atoms with Crippen LogP contribution in [0.2, 0.25) is 0 Å². The third kappa shape index (κ3) is 3.87. The Morgan fingerprint density at radius 3 is 2.57 bits per heavy atom. The van der Waals surface area contributed by atoms with E-state index in [0.29, 0.717) is 13.1 Å². The minimum absolute atomic E-state index is 0.0797. The predicted octanol–water partition coefficient (Wildman–Crippen LogP) is 2.52. The van der Waals surface area contributed by atoms with Gasteiger partial charge in [0.1, 0.15) is 0 Å². The van der Waals surface area contributed by atoms with E-state index in [1.165, 1.54) is 6.07 Å². The molecule has 3 aromatic rings. The highest BCUT2D eigenvalue weighted by Gasteiger charge is 2.29. The number of amides is 1. The molecule has 142 valence electrons. The van der Waals surface area contributed by atoms with E-state index in [0.717, 1.165) is 29.8 Å². The number of anilines is 1. The summed E-state index contributed by atoms with van der Waals surface area (Å²) in [5.41, 5.74) is 2.62. The maximum Gasteiger partial charge on any atom is 0.255 e. The standard InChI is InChI=1S/C22H22N4O2/c27-21-7-1-2-13-25(21)18-8-10-19(11-9-18)26-14-4-6-20(22(26)28)24-16-17-5-3-12-23-15-17/h1-3,5,7-13,15,20,24H,4,6,14,16H2. The van der Waals surface area contributed by atoms with Gasteiger partial charge in [-0.3, -0.25) is 19.1 Å². The molecule has 0 aliphatic carbocycles. The molecular weight excluding hydrogens is 352 g/mol. The number of hydrogen-bond acceptors (Lipinski definition) is 4. The summed E-state index contributed by atoms with van der Waals surface area (Å²) in [5.74, 6) is 0.0831. The molecule has 6 nitrogen and oxygen atoms in total. The molecule has 2 aromatic heterocycles. The van der Waals surface area contributed by atoms with Crippen LogP contribution in [0.1, 0.15) is 18.4 Å². The molecule has 1 fully saturated rings. The highest BCUT2D eigenvalue weighted by molar-refractivity contribution is 5.98. The monoisotopic (exact) mass is 374 g/mol. The first kappa shape index (κ1) is 18.1. The van der Waals surface area contributed by atoms with E-state index in [2.05, 4.69) is 10.3 Å². The van der Waals surface area contributed by atoms with E-state index in [-0.39, 0.29) is 17.5 Å². The second kappa shape index (κ2) is 8.19. The number of rotatable bonds is 5. The fourth-order valence-electron chi connectivity index (χ4n) is 3.50. The van der Waals surface area contributed by atoms with Gasteiger partial charge in [-0.2, -0.15) is 0 Å². The van der Waals surface area contributed by atoms with Gasteiger partial charge in [-0.1, -0.05) is 12.1 Å². The molecule has 0 bridgehead atoms. The lowest BCUT2D eigenvalue weighted by molar-refractivity contribution is -0.121. The van der Waals surface area contributed by atoms with Crippen molar-refractivity contribution in [2.45, 2.75) is 25.4 Å². The fraction of sp³-hybridized carbons (Fsp3) is 0.227.